The number of hydrogen-bond donors (Lipinski definition) is 2. The number of aliphatic hydroxyl groups excluding tert-OH is 1. The number of nitrogen functional groups attached to an aromatic ring is 1. The molecule has 0 aliphatic heterocycles. The lowest BCUT2D eigenvalue weighted by molar-refractivity contribution is 0.106. The van der Waals surface area contributed by atoms with Crippen molar-refractivity contribution in [1.82, 2.24) is 4.98 Å². The number of aliphatic hydroxyl groups is 1. The number of anilines is 2. The van der Waals surface area contributed by atoms with Crippen LogP contribution in [0.5, 0.6) is 5.88 Å². The van der Waals surface area contributed by atoms with E-state index >= 15 is 0 Å². The Kier molecular flexibility index (Phi) is 5.28. The van der Waals surface area contributed by atoms with Crippen LogP contribution in [0.25, 0.3) is 0 Å². The zero-order chi connectivity index (χ0) is 15.4. The third-order valence-electron chi connectivity index (χ3n) is 3.98. The molecule has 0 amide bonds. The van der Waals surface area contributed by atoms with Crippen molar-refractivity contribution >= 4 is 11.5 Å². The smallest absolute Gasteiger partial charge is 0.239 e. The molecular weight excluding hydrogens is 266 g/mol. The highest BCUT2D eigenvalue weighted by atomic mass is 16.5. The van der Waals surface area contributed by atoms with Crippen molar-refractivity contribution in [3.8, 4) is 5.88 Å². The molecule has 1 aromatic heterocycles. The fourth-order valence-electron chi connectivity index (χ4n) is 2.71. The molecule has 5 nitrogen and oxygen atoms in total. The second-order valence-electron chi connectivity index (χ2n) is 6.30. The molecule has 0 aromatic carbocycles. The van der Waals surface area contributed by atoms with Gasteiger partial charge >= 0.3 is 0 Å². The van der Waals surface area contributed by atoms with Crippen LogP contribution in [0.3, 0.4) is 0 Å². The van der Waals surface area contributed by atoms with Gasteiger partial charge in [-0.05, 0) is 30.9 Å². The van der Waals surface area contributed by atoms with Crippen LogP contribution in [0.15, 0.2) is 12.1 Å². The summed E-state index contributed by atoms with van der Waals surface area (Å²) in [4.78, 5) is 6.57. The predicted octanol–water partition coefficient (Wildman–Crippen LogP) is 2.44. The molecule has 2 atom stereocenters. The summed E-state index contributed by atoms with van der Waals surface area (Å²) in [6, 6.07) is 3.83. The normalized spacial score (nSPS) is 22.3. The van der Waals surface area contributed by atoms with Gasteiger partial charge in [0.25, 0.3) is 0 Å². The first-order chi connectivity index (χ1) is 9.99. The van der Waals surface area contributed by atoms with Crippen molar-refractivity contribution in [1.29, 1.82) is 0 Å². The molecule has 1 aliphatic rings. The molecule has 0 bridgehead atoms. The van der Waals surface area contributed by atoms with E-state index in [4.69, 9.17) is 10.5 Å². The Balaban J connectivity index is 2.13. The monoisotopic (exact) mass is 293 g/mol. The van der Waals surface area contributed by atoms with Crippen molar-refractivity contribution in [3.05, 3.63) is 12.1 Å². The van der Waals surface area contributed by atoms with Gasteiger partial charge < -0.3 is 20.5 Å². The fourth-order valence-corrected chi connectivity index (χ4v) is 2.71. The Morgan fingerprint density at radius 3 is 2.76 bits per heavy atom. The number of nitrogens with zero attached hydrogens (tertiary/aromatic N) is 2. The molecule has 1 heterocycles. The lowest BCUT2D eigenvalue weighted by Gasteiger charge is -2.36. The maximum Gasteiger partial charge on any atom is 0.239 e. The van der Waals surface area contributed by atoms with Gasteiger partial charge in [-0.15, -0.1) is 0 Å². The highest BCUT2D eigenvalue weighted by Gasteiger charge is 2.27. The van der Waals surface area contributed by atoms with Gasteiger partial charge in [-0.25, -0.2) is 0 Å². The van der Waals surface area contributed by atoms with Crippen LogP contribution < -0.4 is 15.4 Å². The Bertz CT molecular complexity index is 465. The van der Waals surface area contributed by atoms with E-state index in [0.29, 0.717) is 24.1 Å². The maximum atomic E-state index is 10.2. The van der Waals surface area contributed by atoms with E-state index in [1.165, 1.54) is 0 Å². The summed E-state index contributed by atoms with van der Waals surface area (Å²) < 4.78 is 5.68. The molecule has 2 rings (SSSR count). The molecule has 3 N–H and O–H groups in total. The Morgan fingerprint density at radius 2 is 2.10 bits per heavy atom. The molecule has 0 spiro atoms. The van der Waals surface area contributed by atoms with Gasteiger partial charge in [0.05, 0.1) is 24.4 Å². The SMILES string of the molecule is CC(C)COc1nc(N(C)C2CCCCC2O)ccc1N. The molecule has 1 aromatic rings. The Hall–Kier alpha value is -1.49. The van der Waals surface area contributed by atoms with Gasteiger partial charge in [-0.2, -0.15) is 4.98 Å². The van der Waals surface area contributed by atoms with Crippen molar-refractivity contribution in [2.45, 2.75) is 51.7 Å². The summed E-state index contributed by atoms with van der Waals surface area (Å²) in [6.45, 7) is 4.77. The molecule has 1 fully saturated rings. The molecule has 21 heavy (non-hydrogen) atoms. The number of pyridine rings is 1. The van der Waals surface area contributed by atoms with Gasteiger partial charge in [-0.3, -0.25) is 0 Å². The summed E-state index contributed by atoms with van der Waals surface area (Å²) >= 11 is 0. The summed E-state index contributed by atoms with van der Waals surface area (Å²) in [5.74, 6) is 1.71. The number of ether oxygens (including phenoxy) is 1. The third kappa shape index (κ3) is 4.00. The van der Waals surface area contributed by atoms with Crippen LogP contribution >= 0.6 is 0 Å². The van der Waals surface area contributed by atoms with Crippen LogP contribution in [0.4, 0.5) is 11.5 Å². The number of nitrogens with two attached hydrogens (primary N) is 1. The molecule has 118 valence electrons. The highest BCUT2D eigenvalue weighted by molar-refractivity contribution is 5.54. The van der Waals surface area contributed by atoms with Crippen LogP contribution in [0.1, 0.15) is 39.5 Å². The quantitative estimate of drug-likeness (QED) is 0.872. The van der Waals surface area contributed by atoms with E-state index in [-0.39, 0.29) is 12.1 Å². The van der Waals surface area contributed by atoms with E-state index in [9.17, 15) is 5.11 Å². The third-order valence-corrected chi connectivity index (χ3v) is 3.98. The van der Waals surface area contributed by atoms with E-state index in [1.807, 2.05) is 24.1 Å². The average molecular weight is 293 g/mol. The Labute approximate surface area is 127 Å². The molecule has 0 radical (unpaired) electrons. The largest absolute Gasteiger partial charge is 0.476 e. The highest BCUT2D eigenvalue weighted by Crippen LogP contribution is 2.28. The van der Waals surface area contributed by atoms with Gasteiger partial charge in [0.1, 0.15) is 5.82 Å². The first-order valence-corrected chi connectivity index (χ1v) is 7.79. The second-order valence-corrected chi connectivity index (χ2v) is 6.30. The van der Waals surface area contributed by atoms with Gasteiger partial charge in [0.2, 0.25) is 5.88 Å². The maximum absolute atomic E-state index is 10.2. The van der Waals surface area contributed by atoms with Crippen LogP contribution in [-0.2, 0) is 0 Å². The number of hydrogen-bond acceptors (Lipinski definition) is 5. The number of aromatic nitrogens is 1. The minimum atomic E-state index is -0.289. The van der Waals surface area contributed by atoms with Gasteiger partial charge in [-0.1, -0.05) is 26.7 Å². The lowest BCUT2D eigenvalue weighted by Crippen LogP contribution is -2.43. The van der Waals surface area contributed by atoms with Gasteiger partial charge in [0, 0.05) is 7.05 Å². The molecular formula is C16H27N3O2. The second kappa shape index (κ2) is 6.98. The van der Waals surface area contributed by atoms with E-state index in [1.54, 1.807) is 0 Å². The summed E-state index contributed by atoms with van der Waals surface area (Å²) in [6.07, 6.45) is 3.82. The van der Waals surface area contributed by atoms with E-state index in [0.717, 1.165) is 31.5 Å². The molecule has 5 heteroatoms. The zero-order valence-electron chi connectivity index (χ0n) is 13.2. The zero-order valence-corrected chi connectivity index (χ0v) is 13.2. The van der Waals surface area contributed by atoms with Crippen LogP contribution in [0, 0.1) is 5.92 Å². The average Bonchev–Trinajstić information content (AvgIpc) is 2.46. The summed E-state index contributed by atoms with van der Waals surface area (Å²) in [5.41, 5.74) is 6.48. The Morgan fingerprint density at radius 1 is 1.38 bits per heavy atom. The van der Waals surface area contributed by atoms with Crippen LogP contribution in [-0.4, -0.2) is 35.9 Å². The summed E-state index contributed by atoms with van der Waals surface area (Å²) in [5, 5.41) is 10.2. The standard InChI is InChI=1S/C16H27N3O2/c1-11(2)10-21-16-12(17)8-9-15(18-16)19(3)13-6-4-5-7-14(13)20/h8-9,11,13-14,20H,4-7,10,17H2,1-3H3. The van der Waals surface area contributed by atoms with E-state index in [2.05, 4.69) is 18.8 Å². The van der Waals surface area contributed by atoms with Crippen molar-refractivity contribution in [2.24, 2.45) is 5.92 Å². The van der Waals surface area contributed by atoms with Crippen molar-refractivity contribution in [2.75, 3.05) is 24.3 Å². The first-order valence-electron chi connectivity index (χ1n) is 7.79. The molecule has 0 saturated heterocycles. The lowest BCUT2D eigenvalue weighted by atomic mass is 9.91. The number of likely N-dealkylation sites (N-methyl/N-ethyl adjacent to an activating group) is 1. The minimum Gasteiger partial charge on any atom is -0.476 e. The predicted molar refractivity (Wildman–Crippen MR) is 85.6 cm³/mol. The first kappa shape index (κ1) is 15.9. The summed E-state index contributed by atoms with van der Waals surface area (Å²) in [7, 11) is 1.98. The minimum absolute atomic E-state index is 0.118. The molecule has 2 unspecified atom stereocenters. The molecule has 1 aliphatic carbocycles. The van der Waals surface area contributed by atoms with E-state index < -0.39 is 0 Å². The van der Waals surface area contributed by atoms with Crippen LogP contribution in [0.2, 0.25) is 0 Å². The van der Waals surface area contributed by atoms with Crippen molar-refractivity contribution in [3.63, 3.8) is 0 Å². The molecule has 1 saturated carbocycles. The van der Waals surface area contributed by atoms with Gasteiger partial charge in [0.15, 0.2) is 0 Å². The number of rotatable bonds is 5. The fraction of sp³-hybridized carbons (Fsp3) is 0.688. The van der Waals surface area contributed by atoms with Crippen molar-refractivity contribution < 1.29 is 9.84 Å². The topological polar surface area (TPSA) is 71.6 Å².